The van der Waals surface area contributed by atoms with Gasteiger partial charge in [0.2, 0.25) is 0 Å². The topological polar surface area (TPSA) is 70.8 Å². The Labute approximate surface area is 164 Å². The number of aryl methyl sites for hydroxylation is 1. The molecule has 28 heavy (non-hydrogen) atoms. The van der Waals surface area contributed by atoms with E-state index in [9.17, 15) is 0 Å². The standard InChI is InChI=1S/C20H25N7O/c1-15-18(16-2-3-17(23-14-16)25-7-4-21-5-8-25)27-9-6-22-19(20(27)24-15)26-10-12-28-13-11-26/h2-3,6,9,14,21H,4-5,7-8,10-13H2,1H3. The number of aromatic nitrogens is 4. The van der Waals surface area contributed by atoms with E-state index in [1.165, 1.54) is 0 Å². The van der Waals surface area contributed by atoms with Crippen molar-refractivity contribution < 1.29 is 4.74 Å². The van der Waals surface area contributed by atoms with Crippen LogP contribution in [0.2, 0.25) is 0 Å². The van der Waals surface area contributed by atoms with Crippen LogP contribution in [0.5, 0.6) is 0 Å². The molecule has 8 nitrogen and oxygen atoms in total. The van der Waals surface area contributed by atoms with Crippen molar-refractivity contribution in [3.8, 4) is 11.3 Å². The first-order valence-corrected chi connectivity index (χ1v) is 9.90. The highest BCUT2D eigenvalue weighted by Gasteiger charge is 2.20. The van der Waals surface area contributed by atoms with Crippen LogP contribution in [0.4, 0.5) is 11.6 Å². The van der Waals surface area contributed by atoms with E-state index in [-0.39, 0.29) is 0 Å². The molecule has 0 aromatic carbocycles. The molecule has 0 radical (unpaired) electrons. The summed E-state index contributed by atoms with van der Waals surface area (Å²) in [7, 11) is 0. The Morgan fingerprint density at radius 1 is 1.00 bits per heavy atom. The van der Waals surface area contributed by atoms with Gasteiger partial charge in [0.15, 0.2) is 11.5 Å². The number of pyridine rings is 1. The summed E-state index contributed by atoms with van der Waals surface area (Å²) in [5, 5.41) is 3.38. The molecule has 0 unspecified atom stereocenters. The molecule has 0 saturated carbocycles. The van der Waals surface area contributed by atoms with Crippen molar-refractivity contribution >= 4 is 17.3 Å². The molecule has 0 bridgehead atoms. The average molecular weight is 379 g/mol. The van der Waals surface area contributed by atoms with Gasteiger partial charge in [0.25, 0.3) is 0 Å². The first-order chi connectivity index (χ1) is 13.8. The Hall–Kier alpha value is -2.71. The molecule has 0 atom stereocenters. The van der Waals surface area contributed by atoms with Gasteiger partial charge in [0.05, 0.1) is 24.6 Å². The molecular formula is C20H25N7O. The number of fused-ring (bicyclic) bond motifs is 1. The van der Waals surface area contributed by atoms with Crippen LogP contribution in [0.1, 0.15) is 5.69 Å². The maximum Gasteiger partial charge on any atom is 0.181 e. The molecule has 1 N–H and O–H groups in total. The van der Waals surface area contributed by atoms with Crippen LogP contribution in [0, 0.1) is 6.92 Å². The van der Waals surface area contributed by atoms with Gasteiger partial charge < -0.3 is 19.9 Å². The molecule has 0 amide bonds. The maximum absolute atomic E-state index is 5.48. The fraction of sp³-hybridized carbons (Fsp3) is 0.450. The summed E-state index contributed by atoms with van der Waals surface area (Å²) in [5.41, 5.74) is 4.02. The van der Waals surface area contributed by atoms with Crippen LogP contribution < -0.4 is 15.1 Å². The Kier molecular flexibility index (Phi) is 4.58. The van der Waals surface area contributed by atoms with Crippen molar-refractivity contribution in [1.82, 2.24) is 24.7 Å². The van der Waals surface area contributed by atoms with Crippen LogP contribution in [-0.2, 0) is 4.74 Å². The number of hydrogen-bond acceptors (Lipinski definition) is 7. The van der Waals surface area contributed by atoms with Crippen molar-refractivity contribution in [2.24, 2.45) is 0 Å². The lowest BCUT2D eigenvalue weighted by Gasteiger charge is -2.28. The fourth-order valence-electron chi connectivity index (χ4n) is 4.03. The molecule has 0 aliphatic carbocycles. The van der Waals surface area contributed by atoms with Crippen molar-refractivity contribution in [3.05, 3.63) is 36.4 Å². The van der Waals surface area contributed by atoms with Crippen molar-refractivity contribution in [2.75, 3.05) is 62.3 Å². The van der Waals surface area contributed by atoms with Crippen molar-refractivity contribution in [3.63, 3.8) is 0 Å². The third-order valence-corrected chi connectivity index (χ3v) is 5.47. The lowest BCUT2D eigenvalue weighted by Crippen LogP contribution is -2.43. The largest absolute Gasteiger partial charge is 0.378 e. The molecule has 2 saturated heterocycles. The highest BCUT2D eigenvalue weighted by Crippen LogP contribution is 2.29. The number of imidazole rings is 1. The minimum Gasteiger partial charge on any atom is -0.378 e. The van der Waals surface area contributed by atoms with Crippen LogP contribution >= 0.6 is 0 Å². The molecule has 3 aromatic heterocycles. The zero-order valence-corrected chi connectivity index (χ0v) is 16.1. The Morgan fingerprint density at radius 2 is 1.82 bits per heavy atom. The summed E-state index contributed by atoms with van der Waals surface area (Å²) in [6, 6.07) is 4.26. The maximum atomic E-state index is 5.48. The van der Waals surface area contributed by atoms with E-state index in [0.717, 1.165) is 86.7 Å². The fourth-order valence-corrected chi connectivity index (χ4v) is 4.03. The monoisotopic (exact) mass is 379 g/mol. The lowest BCUT2D eigenvalue weighted by molar-refractivity contribution is 0.122. The number of anilines is 2. The third kappa shape index (κ3) is 3.08. The summed E-state index contributed by atoms with van der Waals surface area (Å²) in [6.45, 7) is 9.20. The molecular weight excluding hydrogens is 354 g/mol. The van der Waals surface area contributed by atoms with Gasteiger partial charge in [-0.05, 0) is 19.1 Å². The van der Waals surface area contributed by atoms with E-state index in [1.54, 1.807) is 0 Å². The number of nitrogens with one attached hydrogen (secondary N) is 1. The molecule has 8 heteroatoms. The summed E-state index contributed by atoms with van der Waals surface area (Å²) < 4.78 is 7.61. The van der Waals surface area contributed by atoms with Crippen LogP contribution in [0.3, 0.4) is 0 Å². The van der Waals surface area contributed by atoms with E-state index >= 15 is 0 Å². The van der Waals surface area contributed by atoms with Crippen LogP contribution in [-0.4, -0.2) is 71.8 Å². The minimum absolute atomic E-state index is 0.729. The molecule has 0 spiro atoms. The normalized spacial score (nSPS) is 18.0. The molecule has 2 aliphatic heterocycles. The van der Waals surface area contributed by atoms with Gasteiger partial charge in [-0.2, -0.15) is 0 Å². The van der Waals surface area contributed by atoms with Gasteiger partial charge in [-0.25, -0.2) is 15.0 Å². The molecule has 5 heterocycles. The van der Waals surface area contributed by atoms with Gasteiger partial charge in [-0.15, -0.1) is 0 Å². The predicted molar refractivity (Wildman–Crippen MR) is 109 cm³/mol. The van der Waals surface area contributed by atoms with E-state index in [4.69, 9.17) is 14.7 Å². The first kappa shape index (κ1) is 17.4. The predicted octanol–water partition coefficient (Wildman–Crippen LogP) is 1.35. The second-order valence-electron chi connectivity index (χ2n) is 7.23. The number of morpholine rings is 1. The molecule has 146 valence electrons. The number of ether oxygens (including phenoxy) is 1. The Balaban J connectivity index is 1.51. The summed E-state index contributed by atoms with van der Waals surface area (Å²) in [4.78, 5) is 18.8. The Bertz CT molecular complexity index is 957. The smallest absolute Gasteiger partial charge is 0.181 e. The number of hydrogen-bond donors (Lipinski definition) is 1. The first-order valence-electron chi connectivity index (χ1n) is 9.90. The second kappa shape index (κ2) is 7.37. The second-order valence-corrected chi connectivity index (χ2v) is 7.23. The van der Waals surface area contributed by atoms with E-state index < -0.39 is 0 Å². The van der Waals surface area contributed by atoms with Crippen molar-refractivity contribution in [2.45, 2.75) is 6.92 Å². The minimum atomic E-state index is 0.729. The highest BCUT2D eigenvalue weighted by atomic mass is 16.5. The number of nitrogens with zero attached hydrogens (tertiary/aromatic N) is 6. The quantitative estimate of drug-likeness (QED) is 0.736. The summed E-state index contributed by atoms with van der Waals surface area (Å²) in [6.07, 6.45) is 5.80. The Morgan fingerprint density at radius 3 is 2.57 bits per heavy atom. The zero-order valence-electron chi connectivity index (χ0n) is 16.1. The van der Waals surface area contributed by atoms with Gasteiger partial charge in [-0.1, -0.05) is 0 Å². The van der Waals surface area contributed by atoms with E-state index in [1.807, 2.05) is 18.6 Å². The third-order valence-electron chi connectivity index (χ3n) is 5.47. The molecule has 3 aromatic rings. The summed E-state index contributed by atoms with van der Waals surface area (Å²) in [5.74, 6) is 1.96. The van der Waals surface area contributed by atoms with Crippen LogP contribution in [0.25, 0.3) is 16.9 Å². The van der Waals surface area contributed by atoms with E-state index in [0.29, 0.717) is 0 Å². The van der Waals surface area contributed by atoms with Crippen LogP contribution in [0.15, 0.2) is 30.7 Å². The molecule has 5 rings (SSSR count). The average Bonchev–Trinajstić information content (AvgIpc) is 3.11. The van der Waals surface area contributed by atoms with Gasteiger partial charge in [0.1, 0.15) is 5.82 Å². The lowest BCUT2D eigenvalue weighted by atomic mass is 10.1. The SMILES string of the molecule is Cc1nc2c(N3CCOCC3)nccn2c1-c1ccc(N2CCNCC2)nc1. The van der Waals surface area contributed by atoms with Gasteiger partial charge in [-0.3, -0.25) is 4.40 Å². The van der Waals surface area contributed by atoms with E-state index in [2.05, 4.69) is 43.6 Å². The van der Waals surface area contributed by atoms with Gasteiger partial charge in [0, 0.05) is 63.4 Å². The summed E-state index contributed by atoms with van der Waals surface area (Å²) >= 11 is 0. The number of piperazine rings is 1. The highest BCUT2D eigenvalue weighted by molar-refractivity contribution is 5.73. The van der Waals surface area contributed by atoms with Crippen molar-refractivity contribution in [1.29, 1.82) is 0 Å². The molecule has 2 fully saturated rings. The zero-order chi connectivity index (χ0) is 18.9. The van der Waals surface area contributed by atoms with Gasteiger partial charge >= 0.3 is 0 Å². The number of rotatable bonds is 3. The molecule has 2 aliphatic rings.